The van der Waals surface area contributed by atoms with Crippen LogP contribution in [0.15, 0.2) is 46.9 Å². The van der Waals surface area contributed by atoms with Crippen LogP contribution in [-0.4, -0.2) is 25.7 Å². The average Bonchev–Trinajstić information content (AvgIpc) is 3.35. The van der Waals surface area contributed by atoms with Gasteiger partial charge in [-0.05, 0) is 44.4 Å². The van der Waals surface area contributed by atoms with Gasteiger partial charge in [-0.25, -0.2) is 4.98 Å². The van der Waals surface area contributed by atoms with Crippen LogP contribution in [0.1, 0.15) is 34.9 Å². The summed E-state index contributed by atoms with van der Waals surface area (Å²) in [6.45, 7) is 9.80. The van der Waals surface area contributed by atoms with Crippen molar-refractivity contribution in [2.75, 3.05) is 4.90 Å². The number of aromatic nitrogens is 4. The zero-order valence-electron chi connectivity index (χ0n) is 19.7. The van der Waals surface area contributed by atoms with Crippen molar-refractivity contribution in [3.05, 3.63) is 69.7 Å². The van der Waals surface area contributed by atoms with Crippen LogP contribution in [0.3, 0.4) is 0 Å². The highest BCUT2D eigenvalue weighted by molar-refractivity contribution is 7.98. The van der Waals surface area contributed by atoms with Crippen LogP contribution < -0.4 is 4.90 Å². The minimum absolute atomic E-state index is 0.0465. The summed E-state index contributed by atoms with van der Waals surface area (Å²) < 4.78 is 2.02. The number of nitrogens with zero attached hydrogens (tertiary/aromatic N) is 5. The van der Waals surface area contributed by atoms with Gasteiger partial charge in [-0.15, -0.1) is 21.5 Å². The summed E-state index contributed by atoms with van der Waals surface area (Å²) in [6.07, 6.45) is 0. The normalized spacial score (nSPS) is 11.1. The lowest BCUT2D eigenvalue weighted by molar-refractivity contribution is -0.115. The number of hydrogen-bond acceptors (Lipinski definition) is 6. The number of rotatable bonds is 6. The number of anilines is 2. The zero-order valence-corrected chi connectivity index (χ0v) is 21.3. The van der Waals surface area contributed by atoms with Crippen LogP contribution in [0.25, 0.3) is 11.4 Å². The van der Waals surface area contributed by atoms with E-state index < -0.39 is 0 Å². The standard InChI is InChI=1S/C25H27N5OS2/c1-15-11-17(3)22(18(4)12-15)30(19(5)31)24-26-20(13-32-24)14-33-25-28-27-23(29(25)6)21-10-8-7-9-16(21)2/h7-13H,14H2,1-6H3. The third kappa shape index (κ3) is 4.72. The molecule has 0 fully saturated rings. The van der Waals surface area contributed by atoms with Crippen LogP contribution >= 0.6 is 23.1 Å². The Kier molecular flexibility index (Phi) is 6.67. The lowest BCUT2D eigenvalue weighted by Gasteiger charge is -2.23. The fourth-order valence-corrected chi connectivity index (χ4v) is 5.80. The van der Waals surface area contributed by atoms with E-state index in [-0.39, 0.29) is 5.91 Å². The molecule has 2 aromatic heterocycles. The molecule has 2 heterocycles. The molecular weight excluding hydrogens is 450 g/mol. The molecule has 0 aliphatic heterocycles. The summed E-state index contributed by atoms with van der Waals surface area (Å²) >= 11 is 3.07. The van der Waals surface area contributed by atoms with Crippen LogP contribution in [0.2, 0.25) is 0 Å². The fourth-order valence-electron chi connectivity index (χ4n) is 4.02. The van der Waals surface area contributed by atoms with Crippen molar-refractivity contribution in [3.8, 4) is 11.4 Å². The molecule has 0 atom stereocenters. The van der Waals surface area contributed by atoms with E-state index in [0.29, 0.717) is 10.9 Å². The van der Waals surface area contributed by atoms with E-state index in [1.54, 1.807) is 23.6 Å². The van der Waals surface area contributed by atoms with E-state index in [9.17, 15) is 4.79 Å². The summed E-state index contributed by atoms with van der Waals surface area (Å²) in [7, 11) is 1.98. The Morgan fingerprint density at radius 2 is 1.76 bits per heavy atom. The summed E-state index contributed by atoms with van der Waals surface area (Å²) in [5.41, 5.74) is 7.39. The quantitative estimate of drug-likeness (QED) is 0.312. The van der Waals surface area contributed by atoms with E-state index in [1.807, 2.05) is 43.0 Å². The number of thioether (sulfide) groups is 1. The Balaban J connectivity index is 1.55. The largest absolute Gasteiger partial charge is 0.305 e. The van der Waals surface area contributed by atoms with Crippen LogP contribution in [0, 0.1) is 27.7 Å². The predicted octanol–water partition coefficient (Wildman–Crippen LogP) is 6.15. The van der Waals surface area contributed by atoms with E-state index in [4.69, 9.17) is 4.98 Å². The Bertz CT molecular complexity index is 1300. The van der Waals surface area contributed by atoms with Gasteiger partial charge in [0.25, 0.3) is 0 Å². The van der Waals surface area contributed by atoms with Crippen molar-refractivity contribution in [3.63, 3.8) is 0 Å². The molecule has 4 aromatic rings. The Hall–Kier alpha value is -2.97. The third-order valence-corrected chi connectivity index (χ3v) is 7.40. The number of amides is 1. The monoisotopic (exact) mass is 477 g/mol. The van der Waals surface area contributed by atoms with Crippen molar-refractivity contribution in [2.24, 2.45) is 7.05 Å². The molecule has 0 N–H and O–H groups in total. The zero-order chi connectivity index (χ0) is 23.7. The number of hydrogen-bond donors (Lipinski definition) is 0. The summed E-state index contributed by atoms with van der Waals surface area (Å²) in [5.74, 6) is 1.45. The van der Waals surface area contributed by atoms with Crippen molar-refractivity contribution in [1.82, 2.24) is 19.7 Å². The molecule has 33 heavy (non-hydrogen) atoms. The highest BCUT2D eigenvalue weighted by Gasteiger charge is 2.22. The number of aryl methyl sites for hydroxylation is 4. The van der Waals surface area contributed by atoms with Crippen molar-refractivity contribution in [1.29, 1.82) is 0 Å². The number of carbonyl (C=O) groups excluding carboxylic acids is 1. The molecule has 8 heteroatoms. The third-order valence-electron chi connectivity index (χ3n) is 5.47. The second-order valence-corrected chi connectivity index (χ2v) is 9.97. The average molecular weight is 478 g/mol. The second-order valence-electron chi connectivity index (χ2n) is 8.19. The molecule has 170 valence electrons. The number of carbonyl (C=O) groups is 1. The van der Waals surface area contributed by atoms with Gasteiger partial charge in [-0.3, -0.25) is 9.69 Å². The molecule has 4 rings (SSSR count). The summed E-state index contributed by atoms with van der Waals surface area (Å²) in [4.78, 5) is 19.1. The van der Waals surface area contributed by atoms with Gasteiger partial charge in [0.2, 0.25) is 5.91 Å². The molecule has 0 aliphatic carbocycles. The van der Waals surface area contributed by atoms with Crippen molar-refractivity contribution in [2.45, 2.75) is 45.5 Å². The van der Waals surface area contributed by atoms with E-state index >= 15 is 0 Å². The van der Waals surface area contributed by atoms with Gasteiger partial charge in [-0.2, -0.15) is 0 Å². The van der Waals surface area contributed by atoms with Crippen LogP contribution in [0.4, 0.5) is 10.8 Å². The molecule has 0 radical (unpaired) electrons. The topological polar surface area (TPSA) is 63.9 Å². The molecule has 2 aromatic carbocycles. The fraction of sp³-hybridized carbons (Fsp3) is 0.280. The lowest BCUT2D eigenvalue weighted by Crippen LogP contribution is -2.24. The molecule has 6 nitrogen and oxygen atoms in total. The number of benzene rings is 2. The summed E-state index contributed by atoms with van der Waals surface area (Å²) in [6, 6.07) is 12.4. The molecule has 0 saturated carbocycles. The molecule has 0 saturated heterocycles. The van der Waals surface area contributed by atoms with Crippen LogP contribution in [0.5, 0.6) is 0 Å². The highest BCUT2D eigenvalue weighted by Crippen LogP contribution is 2.35. The maximum atomic E-state index is 12.6. The van der Waals surface area contributed by atoms with E-state index in [1.165, 1.54) is 22.5 Å². The van der Waals surface area contributed by atoms with Crippen molar-refractivity contribution >= 4 is 39.8 Å². The maximum Gasteiger partial charge on any atom is 0.230 e. The first-order valence-corrected chi connectivity index (χ1v) is 12.5. The molecule has 0 aliphatic rings. The molecular formula is C25H27N5OS2. The van der Waals surface area contributed by atoms with E-state index in [0.717, 1.165) is 39.1 Å². The smallest absolute Gasteiger partial charge is 0.230 e. The molecule has 0 unspecified atom stereocenters. The Morgan fingerprint density at radius 1 is 1.06 bits per heavy atom. The number of thiazole rings is 1. The Labute approximate surface area is 202 Å². The van der Waals surface area contributed by atoms with Gasteiger partial charge < -0.3 is 4.57 Å². The second kappa shape index (κ2) is 9.49. The molecule has 1 amide bonds. The van der Waals surface area contributed by atoms with Crippen LogP contribution in [-0.2, 0) is 17.6 Å². The highest BCUT2D eigenvalue weighted by atomic mass is 32.2. The first-order chi connectivity index (χ1) is 15.8. The van der Waals surface area contributed by atoms with Gasteiger partial charge >= 0.3 is 0 Å². The predicted molar refractivity (Wildman–Crippen MR) is 136 cm³/mol. The minimum atomic E-state index is -0.0465. The van der Waals surface area contributed by atoms with Gasteiger partial charge in [0.1, 0.15) is 0 Å². The first-order valence-electron chi connectivity index (χ1n) is 10.7. The van der Waals surface area contributed by atoms with Gasteiger partial charge in [0.05, 0.1) is 11.4 Å². The van der Waals surface area contributed by atoms with Gasteiger partial charge in [0.15, 0.2) is 16.1 Å². The lowest BCUT2D eigenvalue weighted by atomic mass is 10.0. The summed E-state index contributed by atoms with van der Waals surface area (Å²) in [5, 5.41) is 12.3. The molecule has 0 spiro atoms. The molecule has 0 bridgehead atoms. The SMILES string of the molecule is CC(=O)N(c1nc(CSc2nnc(-c3ccccc3C)n2C)cs1)c1c(C)cc(C)cc1C. The minimum Gasteiger partial charge on any atom is -0.305 e. The van der Waals surface area contributed by atoms with Gasteiger partial charge in [0, 0.05) is 30.7 Å². The van der Waals surface area contributed by atoms with Gasteiger partial charge in [-0.1, -0.05) is 53.7 Å². The Morgan fingerprint density at radius 3 is 2.42 bits per heavy atom. The first kappa shape index (κ1) is 23.2. The van der Waals surface area contributed by atoms with Crippen molar-refractivity contribution < 1.29 is 4.79 Å². The van der Waals surface area contributed by atoms with E-state index in [2.05, 4.69) is 48.3 Å². The maximum absolute atomic E-state index is 12.6.